The minimum absolute atomic E-state index is 0.106. The zero-order valence-electron chi connectivity index (χ0n) is 7.76. The minimum Gasteiger partial charge on any atom is -0.382 e. The first kappa shape index (κ1) is 9.01. The van der Waals surface area contributed by atoms with Gasteiger partial charge in [-0.15, -0.1) is 0 Å². The smallest absolute Gasteiger partial charge is 0.141 e. The van der Waals surface area contributed by atoms with E-state index in [4.69, 9.17) is 5.26 Å². The molecule has 0 unspecified atom stereocenters. The molecule has 1 aliphatic rings. The normalized spacial score (nSPS) is 15.7. The predicted octanol–water partition coefficient (Wildman–Crippen LogP) is 2.66. The number of rotatable bonds is 2. The Hall–Kier alpha value is -1.56. The molecule has 72 valence electrons. The van der Waals surface area contributed by atoms with Crippen LogP contribution in [-0.4, -0.2) is 6.04 Å². The summed E-state index contributed by atoms with van der Waals surface area (Å²) in [6, 6.07) is 6.91. The summed E-state index contributed by atoms with van der Waals surface area (Å²) >= 11 is 0. The molecule has 0 aliphatic heterocycles. The van der Waals surface area contributed by atoms with E-state index in [9.17, 15) is 4.39 Å². The fourth-order valence-electron chi connectivity index (χ4n) is 1.49. The van der Waals surface area contributed by atoms with Gasteiger partial charge in [0.2, 0.25) is 0 Å². The Bertz CT molecular complexity index is 377. The van der Waals surface area contributed by atoms with Gasteiger partial charge in [-0.2, -0.15) is 5.26 Å². The quantitative estimate of drug-likeness (QED) is 0.778. The van der Waals surface area contributed by atoms with Gasteiger partial charge in [0.05, 0.1) is 5.56 Å². The van der Waals surface area contributed by atoms with Gasteiger partial charge < -0.3 is 5.32 Å². The first-order valence-electron chi connectivity index (χ1n) is 4.76. The van der Waals surface area contributed by atoms with Crippen LogP contribution in [0.3, 0.4) is 0 Å². The van der Waals surface area contributed by atoms with Crippen LogP contribution in [0.15, 0.2) is 18.2 Å². The molecule has 0 bridgehead atoms. The van der Waals surface area contributed by atoms with Crippen molar-refractivity contribution in [1.82, 2.24) is 0 Å². The molecule has 2 rings (SSSR count). The van der Waals surface area contributed by atoms with Crippen molar-refractivity contribution in [2.45, 2.75) is 25.3 Å². The number of halogens is 1. The standard InChI is InChI=1S/C11H11FN2/c12-11-5-4-10(6-8(11)7-13)14-9-2-1-3-9/h4-6,9,14H,1-3H2. The third-order valence-electron chi connectivity index (χ3n) is 2.56. The van der Waals surface area contributed by atoms with Gasteiger partial charge in [0.1, 0.15) is 11.9 Å². The van der Waals surface area contributed by atoms with Gasteiger partial charge in [0.25, 0.3) is 0 Å². The molecule has 0 aromatic heterocycles. The van der Waals surface area contributed by atoms with Crippen molar-refractivity contribution in [2.75, 3.05) is 5.32 Å². The second kappa shape index (κ2) is 3.67. The van der Waals surface area contributed by atoms with Gasteiger partial charge in [0, 0.05) is 11.7 Å². The highest BCUT2D eigenvalue weighted by molar-refractivity contribution is 5.50. The lowest BCUT2D eigenvalue weighted by atomic mass is 9.93. The topological polar surface area (TPSA) is 35.8 Å². The van der Waals surface area contributed by atoms with Crippen LogP contribution in [0.4, 0.5) is 10.1 Å². The number of nitrogens with zero attached hydrogens (tertiary/aromatic N) is 1. The van der Waals surface area contributed by atoms with Gasteiger partial charge in [-0.3, -0.25) is 0 Å². The summed E-state index contributed by atoms with van der Waals surface area (Å²) in [6.07, 6.45) is 3.59. The third-order valence-corrected chi connectivity index (χ3v) is 2.56. The molecule has 14 heavy (non-hydrogen) atoms. The Morgan fingerprint density at radius 3 is 2.79 bits per heavy atom. The lowest BCUT2D eigenvalue weighted by Gasteiger charge is -2.27. The van der Waals surface area contributed by atoms with E-state index in [0.717, 1.165) is 5.69 Å². The first-order valence-corrected chi connectivity index (χ1v) is 4.76. The highest BCUT2D eigenvalue weighted by Gasteiger charge is 2.17. The number of hydrogen-bond acceptors (Lipinski definition) is 2. The third kappa shape index (κ3) is 1.69. The fraction of sp³-hybridized carbons (Fsp3) is 0.364. The molecule has 2 nitrogen and oxygen atoms in total. The number of anilines is 1. The molecular formula is C11H11FN2. The Morgan fingerprint density at radius 1 is 1.43 bits per heavy atom. The summed E-state index contributed by atoms with van der Waals surface area (Å²) in [5, 5.41) is 11.9. The summed E-state index contributed by atoms with van der Waals surface area (Å²) in [5.74, 6) is -0.452. The van der Waals surface area contributed by atoms with Gasteiger partial charge in [-0.05, 0) is 37.5 Å². The Balaban J connectivity index is 2.14. The molecule has 0 atom stereocenters. The number of nitriles is 1. The molecule has 1 aliphatic carbocycles. The molecule has 0 radical (unpaired) electrons. The number of benzene rings is 1. The van der Waals surface area contributed by atoms with Gasteiger partial charge in [-0.25, -0.2) is 4.39 Å². The van der Waals surface area contributed by atoms with E-state index in [1.165, 1.54) is 25.3 Å². The molecule has 3 heteroatoms. The SMILES string of the molecule is N#Cc1cc(NC2CCC2)ccc1F. The fourth-order valence-corrected chi connectivity index (χ4v) is 1.49. The summed E-state index contributed by atoms with van der Waals surface area (Å²) < 4.78 is 13.0. The van der Waals surface area contributed by atoms with Crippen molar-refractivity contribution >= 4 is 5.69 Å². The van der Waals surface area contributed by atoms with Gasteiger partial charge >= 0.3 is 0 Å². The van der Waals surface area contributed by atoms with Crippen LogP contribution < -0.4 is 5.32 Å². The highest BCUT2D eigenvalue weighted by Crippen LogP contribution is 2.24. The first-order chi connectivity index (χ1) is 6.79. The Kier molecular flexibility index (Phi) is 2.36. The van der Waals surface area contributed by atoms with Crippen LogP contribution in [0.5, 0.6) is 0 Å². The van der Waals surface area contributed by atoms with Crippen molar-refractivity contribution in [3.8, 4) is 6.07 Å². The number of hydrogen-bond donors (Lipinski definition) is 1. The molecule has 1 fully saturated rings. The number of nitrogens with one attached hydrogen (secondary N) is 1. The Labute approximate surface area is 82.4 Å². The molecule has 1 aromatic rings. The molecule has 1 saturated carbocycles. The van der Waals surface area contributed by atoms with Crippen LogP contribution in [0.1, 0.15) is 24.8 Å². The molecule has 0 heterocycles. The average molecular weight is 190 g/mol. The van der Waals surface area contributed by atoms with E-state index in [0.29, 0.717) is 6.04 Å². The zero-order valence-corrected chi connectivity index (χ0v) is 7.76. The van der Waals surface area contributed by atoms with E-state index >= 15 is 0 Å². The largest absolute Gasteiger partial charge is 0.382 e. The lowest BCUT2D eigenvalue weighted by Crippen LogP contribution is -2.26. The van der Waals surface area contributed by atoms with Gasteiger partial charge in [0.15, 0.2) is 0 Å². The maximum absolute atomic E-state index is 13.0. The van der Waals surface area contributed by atoms with Crippen LogP contribution in [-0.2, 0) is 0 Å². The molecule has 0 spiro atoms. The second-order valence-electron chi connectivity index (χ2n) is 3.58. The van der Waals surface area contributed by atoms with E-state index in [1.54, 1.807) is 12.1 Å². The molecule has 0 amide bonds. The molecule has 1 N–H and O–H groups in total. The van der Waals surface area contributed by atoms with Crippen LogP contribution >= 0.6 is 0 Å². The molecular weight excluding hydrogens is 179 g/mol. The maximum Gasteiger partial charge on any atom is 0.141 e. The molecule has 0 saturated heterocycles. The molecule has 1 aromatic carbocycles. The zero-order chi connectivity index (χ0) is 9.97. The lowest BCUT2D eigenvalue weighted by molar-refractivity contribution is 0.445. The van der Waals surface area contributed by atoms with Crippen molar-refractivity contribution in [3.63, 3.8) is 0 Å². The minimum atomic E-state index is -0.452. The predicted molar refractivity (Wildman–Crippen MR) is 52.4 cm³/mol. The van der Waals surface area contributed by atoms with Crippen LogP contribution in [0, 0.1) is 17.1 Å². The second-order valence-corrected chi connectivity index (χ2v) is 3.58. The van der Waals surface area contributed by atoms with E-state index in [1.807, 2.05) is 6.07 Å². The van der Waals surface area contributed by atoms with E-state index in [2.05, 4.69) is 5.32 Å². The van der Waals surface area contributed by atoms with E-state index in [-0.39, 0.29) is 5.56 Å². The average Bonchev–Trinajstić information content (AvgIpc) is 2.14. The summed E-state index contributed by atoms with van der Waals surface area (Å²) in [4.78, 5) is 0. The summed E-state index contributed by atoms with van der Waals surface area (Å²) in [5.41, 5.74) is 0.946. The van der Waals surface area contributed by atoms with E-state index < -0.39 is 5.82 Å². The van der Waals surface area contributed by atoms with Crippen molar-refractivity contribution in [3.05, 3.63) is 29.6 Å². The maximum atomic E-state index is 13.0. The monoisotopic (exact) mass is 190 g/mol. The van der Waals surface area contributed by atoms with Crippen molar-refractivity contribution in [1.29, 1.82) is 5.26 Å². The Morgan fingerprint density at radius 2 is 2.21 bits per heavy atom. The summed E-state index contributed by atoms with van der Waals surface area (Å²) in [6.45, 7) is 0. The highest BCUT2D eigenvalue weighted by atomic mass is 19.1. The van der Waals surface area contributed by atoms with Crippen molar-refractivity contribution < 1.29 is 4.39 Å². The van der Waals surface area contributed by atoms with Gasteiger partial charge in [-0.1, -0.05) is 0 Å². The summed E-state index contributed by atoms with van der Waals surface area (Å²) in [7, 11) is 0. The van der Waals surface area contributed by atoms with Crippen molar-refractivity contribution in [2.24, 2.45) is 0 Å². The van der Waals surface area contributed by atoms with Crippen LogP contribution in [0.25, 0.3) is 0 Å². The van der Waals surface area contributed by atoms with Crippen LogP contribution in [0.2, 0.25) is 0 Å².